The van der Waals surface area contributed by atoms with E-state index in [-0.39, 0.29) is 32.6 Å². The lowest BCUT2D eigenvalue weighted by Crippen LogP contribution is -2.29. The van der Waals surface area contributed by atoms with Crippen molar-refractivity contribution in [2.45, 2.75) is 24.0 Å². The Morgan fingerprint density at radius 2 is 1.76 bits per heavy atom. The fourth-order valence-corrected chi connectivity index (χ4v) is 4.06. The van der Waals surface area contributed by atoms with Crippen molar-refractivity contribution in [1.82, 2.24) is 10.1 Å². The van der Waals surface area contributed by atoms with Gasteiger partial charge >= 0.3 is 5.91 Å². The van der Waals surface area contributed by atoms with Crippen LogP contribution < -0.4 is 15.6 Å². The third-order valence-electron chi connectivity index (χ3n) is 3.28. The number of furan rings is 1. The highest BCUT2D eigenvalue weighted by Crippen LogP contribution is 2.33. The van der Waals surface area contributed by atoms with Crippen LogP contribution >= 0.6 is 34.8 Å². The molecule has 2 aromatic rings. The van der Waals surface area contributed by atoms with Gasteiger partial charge in [-0.1, -0.05) is 34.8 Å². The average molecular weight is 425 g/mol. The minimum atomic E-state index is -3.77. The Balaban J connectivity index is 1.68. The van der Waals surface area contributed by atoms with Crippen LogP contribution in [0, 0.1) is 0 Å². The number of amides is 1. The normalized spacial score (nSPS) is 14.4. The zero-order valence-corrected chi connectivity index (χ0v) is 15.6. The van der Waals surface area contributed by atoms with E-state index in [1.165, 1.54) is 24.3 Å². The van der Waals surface area contributed by atoms with E-state index in [4.69, 9.17) is 39.2 Å². The van der Waals surface area contributed by atoms with Crippen LogP contribution in [0.1, 0.15) is 23.4 Å². The van der Waals surface area contributed by atoms with Crippen molar-refractivity contribution in [3.05, 3.63) is 45.1 Å². The molecular formula is C14H12Cl3N3O4S. The highest BCUT2D eigenvalue weighted by molar-refractivity contribution is 7.89. The molecule has 0 saturated heterocycles. The fraction of sp³-hybridized carbons (Fsp3) is 0.214. The summed E-state index contributed by atoms with van der Waals surface area (Å²) in [5.74, 6) is -0.889. The van der Waals surface area contributed by atoms with Gasteiger partial charge < -0.3 is 4.42 Å². The van der Waals surface area contributed by atoms with E-state index in [2.05, 4.69) is 15.6 Å². The van der Waals surface area contributed by atoms with Crippen LogP contribution in [0.2, 0.25) is 15.1 Å². The quantitative estimate of drug-likeness (QED) is 0.617. The number of anilines is 1. The Labute approximate surface area is 158 Å². The summed E-state index contributed by atoms with van der Waals surface area (Å²) in [6.45, 7) is 0. The maximum Gasteiger partial charge on any atom is 0.305 e. The fourth-order valence-electron chi connectivity index (χ4n) is 1.91. The molecule has 1 amide bonds. The molecule has 25 heavy (non-hydrogen) atoms. The summed E-state index contributed by atoms with van der Waals surface area (Å²) in [6, 6.07) is 5.30. The molecule has 3 N–H and O–H groups in total. The van der Waals surface area contributed by atoms with E-state index in [1.807, 2.05) is 0 Å². The van der Waals surface area contributed by atoms with Crippen molar-refractivity contribution >= 4 is 56.4 Å². The highest BCUT2D eigenvalue weighted by Gasteiger charge is 2.30. The van der Waals surface area contributed by atoms with Crippen LogP contribution in [0.25, 0.3) is 0 Å². The number of hydrogen-bond donors (Lipinski definition) is 3. The number of carbonyl (C=O) groups excluding carboxylic acids is 1. The van der Waals surface area contributed by atoms with Gasteiger partial charge in [0, 0.05) is 11.1 Å². The number of nitrogens with one attached hydrogen (secondary N) is 3. The zero-order chi connectivity index (χ0) is 18.2. The third kappa shape index (κ3) is 4.39. The molecule has 1 aliphatic carbocycles. The van der Waals surface area contributed by atoms with E-state index in [1.54, 1.807) is 0 Å². The second-order valence-corrected chi connectivity index (χ2v) is 8.23. The minimum Gasteiger partial charge on any atom is -0.438 e. The Bertz CT molecular complexity index is 902. The summed E-state index contributed by atoms with van der Waals surface area (Å²) in [5.41, 5.74) is 5.12. The lowest BCUT2D eigenvalue weighted by Gasteiger charge is -2.11. The van der Waals surface area contributed by atoms with Crippen LogP contribution in [0.5, 0.6) is 0 Å². The topological polar surface area (TPSA) is 100 Å². The van der Waals surface area contributed by atoms with Gasteiger partial charge in [0.2, 0.25) is 5.09 Å². The predicted molar refractivity (Wildman–Crippen MR) is 94.6 cm³/mol. The van der Waals surface area contributed by atoms with Gasteiger partial charge in [-0.25, -0.2) is 13.1 Å². The maximum absolute atomic E-state index is 12.1. The van der Waals surface area contributed by atoms with Crippen molar-refractivity contribution in [3.8, 4) is 0 Å². The van der Waals surface area contributed by atoms with Crippen LogP contribution in [-0.2, 0) is 10.0 Å². The predicted octanol–water partition coefficient (Wildman–Crippen LogP) is 3.44. The van der Waals surface area contributed by atoms with Gasteiger partial charge in [0.15, 0.2) is 5.76 Å². The van der Waals surface area contributed by atoms with E-state index >= 15 is 0 Å². The van der Waals surface area contributed by atoms with Gasteiger partial charge in [-0.2, -0.15) is 0 Å². The molecule has 0 atom stereocenters. The number of hydrogen-bond acceptors (Lipinski definition) is 5. The first-order valence-electron chi connectivity index (χ1n) is 7.09. The average Bonchev–Trinajstić information content (AvgIpc) is 3.15. The molecule has 11 heteroatoms. The molecule has 134 valence electrons. The van der Waals surface area contributed by atoms with E-state index in [9.17, 15) is 13.2 Å². The number of rotatable bonds is 6. The van der Waals surface area contributed by atoms with Gasteiger partial charge in [-0.15, -0.1) is 0 Å². The molecule has 0 bridgehead atoms. The first kappa shape index (κ1) is 18.3. The molecule has 7 nitrogen and oxygen atoms in total. The first-order valence-corrected chi connectivity index (χ1v) is 9.71. The maximum atomic E-state index is 12.1. The smallest absolute Gasteiger partial charge is 0.305 e. The lowest BCUT2D eigenvalue weighted by atomic mass is 10.3. The summed E-state index contributed by atoms with van der Waals surface area (Å²) in [5, 5.41) is 0.423. The zero-order valence-electron chi connectivity index (χ0n) is 12.5. The number of halogens is 3. The number of hydrazine groups is 1. The molecule has 0 aliphatic heterocycles. The van der Waals surface area contributed by atoms with Crippen LogP contribution in [0.15, 0.2) is 33.8 Å². The van der Waals surface area contributed by atoms with Crippen molar-refractivity contribution in [1.29, 1.82) is 0 Å². The molecule has 0 unspecified atom stereocenters. The second-order valence-electron chi connectivity index (χ2n) is 5.34. The molecule has 0 radical (unpaired) electrons. The minimum absolute atomic E-state index is 0.0665. The number of carbonyl (C=O) groups is 1. The van der Waals surface area contributed by atoms with Crippen molar-refractivity contribution in [2.75, 3.05) is 5.43 Å². The Kier molecular flexibility index (Phi) is 5.17. The molecule has 1 fully saturated rings. The van der Waals surface area contributed by atoms with Gasteiger partial charge in [-0.05, 0) is 37.1 Å². The summed E-state index contributed by atoms with van der Waals surface area (Å²) in [7, 11) is -3.77. The van der Waals surface area contributed by atoms with Crippen molar-refractivity contribution in [3.63, 3.8) is 0 Å². The van der Waals surface area contributed by atoms with Crippen LogP contribution in [-0.4, -0.2) is 20.4 Å². The molecule has 1 aromatic heterocycles. The van der Waals surface area contributed by atoms with Gasteiger partial charge in [0.25, 0.3) is 10.0 Å². The monoisotopic (exact) mass is 423 g/mol. The molecule has 1 aliphatic rings. The van der Waals surface area contributed by atoms with E-state index in [0.717, 1.165) is 12.8 Å². The van der Waals surface area contributed by atoms with Gasteiger partial charge in [0.05, 0.1) is 15.7 Å². The first-order chi connectivity index (χ1) is 11.8. The molecule has 0 spiro atoms. The standard InChI is InChI=1S/C14H12Cl3N3O4S/c15-7-5-9(16)13(10(17)6-7)18-19-14(21)11-3-4-12(24-11)25(22,23)20-8-1-2-8/h3-6,8,18,20H,1-2H2,(H,19,21). The van der Waals surface area contributed by atoms with E-state index in [0.29, 0.717) is 5.02 Å². The van der Waals surface area contributed by atoms with E-state index < -0.39 is 15.9 Å². The number of sulfonamides is 1. The molecule has 1 heterocycles. The largest absolute Gasteiger partial charge is 0.438 e. The van der Waals surface area contributed by atoms with Crippen molar-refractivity contribution < 1.29 is 17.6 Å². The Morgan fingerprint density at radius 1 is 1.12 bits per heavy atom. The molecule has 1 saturated carbocycles. The highest BCUT2D eigenvalue weighted by atomic mass is 35.5. The second kappa shape index (κ2) is 7.05. The lowest BCUT2D eigenvalue weighted by molar-refractivity contribution is 0.0930. The summed E-state index contributed by atoms with van der Waals surface area (Å²) < 4.78 is 31.6. The van der Waals surface area contributed by atoms with Gasteiger partial charge in [0.1, 0.15) is 0 Å². The summed E-state index contributed by atoms with van der Waals surface area (Å²) in [6.07, 6.45) is 1.58. The van der Waals surface area contributed by atoms with Gasteiger partial charge in [-0.3, -0.25) is 15.6 Å². The summed E-state index contributed by atoms with van der Waals surface area (Å²) >= 11 is 17.8. The van der Waals surface area contributed by atoms with Crippen molar-refractivity contribution in [2.24, 2.45) is 0 Å². The van der Waals surface area contributed by atoms with Crippen LogP contribution in [0.3, 0.4) is 0 Å². The van der Waals surface area contributed by atoms with Crippen LogP contribution in [0.4, 0.5) is 5.69 Å². The molecular weight excluding hydrogens is 413 g/mol. The number of benzene rings is 1. The Morgan fingerprint density at radius 3 is 2.36 bits per heavy atom. The molecule has 1 aromatic carbocycles. The SMILES string of the molecule is O=C(NNc1c(Cl)cc(Cl)cc1Cl)c1ccc(S(=O)(=O)NC2CC2)o1. The third-order valence-corrected chi connectivity index (χ3v) is 5.48. The Hall–Kier alpha value is -1.45. The summed E-state index contributed by atoms with van der Waals surface area (Å²) in [4.78, 5) is 12.1. The molecule has 3 rings (SSSR count).